The molecule has 0 radical (unpaired) electrons. The molecule has 0 amide bonds. The molecule has 1 atom stereocenters. The van der Waals surface area contributed by atoms with Crippen LogP contribution in [0, 0.1) is 5.92 Å². The van der Waals surface area contributed by atoms with Crippen LogP contribution in [0.5, 0.6) is 5.75 Å². The van der Waals surface area contributed by atoms with Gasteiger partial charge in [-0.05, 0) is 37.2 Å². The van der Waals surface area contributed by atoms with Crippen LogP contribution in [-0.2, 0) is 12.8 Å². The standard InChI is InChI=1S/C21H29NO3/c1-4-5-6-7-10-22(3)15-12-18(23)20-17-11-14(2)8-9-16(17)21(24)25-19(20)13-15/h12-14,23H,4-11H2,1-3H3. The van der Waals surface area contributed by atoms with E-state index in [1.807, 2.05) is 19.2 Å². The van der Waals surface area contributed by atoms with Gasteiger partial charge in [-0.1, -0.05) is 33.1 Å². The summed E-state index contributed by atoms with van der Waals surface area (Å²) >= 11 is 0. The SMILES string of the molecule is CCCCCCN(C)c1cc(O)c2c3c(c(=O)oc2c1)CCC(C)C3. The fourth-order valence-electron chi connectivity index (χ4n) is 3.85. The summed E-state index contributed by atoms with van der Waals surface area (Å²) in [7, 11) is 2.02. The van der Waals surface area contributed by atoms with Gasteiger partial charge in [-0.3, -0.25) is 0 Å². The van der Waals surface area contributed by atoms with Crippen LogP contribution in [0.2, 0.25) is 0 Å². The molecular formula is C21H29NO3. The van der Waals surface area contributed by atoms with Crippen LogP contribution in [-0.4, -0.2) is 18.7 Å². The lowest BCUT2D eigenvalue weighted by Gasteiger charge is -2.24. The van der Waals surface area contributed by atoms with E-state index in [0.29, 0.717) is 11.5 Å². The Hall–Kier alpha value is -1.97. The molecule has 0 fully saturated rings. The lowest BCUT2D eigenvalue weighted by Crippen LogP contribution is -2.21. The molecule has 0 saturated carbocycles. The zero-order valence-electron chi connectivity index (χ0n) is 15.6. The molecule has 1 aliphatic carbocycles. The largest absolute Gasteiger partial charge is 0.507 e. The first-order valence-corrected chi connectivity index (χ1v) is 9.54. The van der Waals surface area contributed by atoms with E-state index in [0.717, 1.165) is 54.4 Å². The molecule has 1 N–H and O–H groups in total. The molecule has 0 bridgehead atoms. The van der Waals surface area contributed by atoms with Gasteiger partial charge in [-0.15, -0.1) is 0 Å². The summed E-state index contributed by atoms with van der Waals surface area (Å²) in [6, 6.07) is 3.71. The van der Waals surface area contributed by atoms with E-state index in [1.165, 1.54) is 19.3 Å². The first-order valence-electron chi connectivity index (χ1n) is 9.54. The smallest absolute Gasteiger partial charge is 0.339 e. The third-order valence-corrected chi connectivity index (χ3v) is 5.41. The fourth-order valence-corrected chi connectivity index (χ4v) is 3.85. The Morgan fingerprint density at radius 3 is 2.80 bits per heavy atom. The molecule has 4 heteroatoms. The first-order chi connectivity index (χ1) is 12.0. The number of rotatable bonds is 6. The Labute approximate surface area is 149 Å². The summed E-state index contributed by atoms with van der Waals surface area (Å²) in [5.74, 6) is 0.750. The zero-order valence-corrected chi connectivity index (χ0v) is 15.6. The second-order valence-corrected chi connectivity index (χ2v) is 7.51. The Morgan fingerprint density at radius 2 is 2.04 bits per heavy atom. The normalized spacial score (nSPS) is 16.8. The van der Waals surface area contributed by atoms with Crippen molar-refractivity contribution in [3.8, 4) is 5.75 Å². The predicted molar refractivity (Wildman–Crippen MR) is 103 cm³/mol. The summed E-state index contributed by atoms with van der Waals surface area (Å²) in [6.07, 6.45) is 7.37. The average molecular weight is 343 g/mol. The van der Waals surface area contributed by atoms with Crippen molar-refractivity contribution < 1.29 is 9.52 Å². The van der Waals surface area contributed by atoms with Crippen LogP contribution in [0.3, 0.4) is 0 Å². The molecule has 0 aliphatic heterocycles. The van der Waals surface area contributed by atoms with Gasteiger partial charge < -0.3 is 14.4 Å². The molecule has 4 nitrogen and oxygen atoms in total. The van der Waals surface area contributed by atoms with Gasteiger partial charge in [-0.2, -0.15) is 0 Å². The van der Waals surface area contributed by atoms with E-state index in [4.69, 9.17) is 4.42 Å². The van der Waals surface area contributed by atoms with Crippen LogP contribution in [0.4, 0.5) is 5.69 Å². The number of nitrogens with zero attached hydrogens (tertiary/aromatic N) is 1. The van der Waals surface area contributed by atoms with E-state index >= 15 is 0 Å². The molecule has 1 aromatic carbocycles. The molecule has 0 saturated heterocycles. The summed E-state index contributed by atoms with van der Waals surface area (Å²) in [5, 5.41) is 11.4. The van der Waals surface area contributed by atoms with Gasteiger partial charge in [0.05, 0.1) is 5.39 Å². The Balaban J connectivity index is 1.96. The van der Waals surface area contributed by atoms with Crippen molar-refractivity contribution >= 4 is 16.7 Å². The number of phenolic OH excluding ortho intramolecular Hbond substituents is 1. The highest BCUT2D eigenvalue weighted by molar-refractivity contribution is 5.90. The maximum atomic E-state index is 12.4. The second kappa shape index (κ2) is 7.51. The molecule has 2 aromatic rings. The number of hydrogen-bond donors (Lipinski definition) is 1. The van der Waals surface area contributed by atoms with Crippen LogP contribution in [0.15, 0.2) is 21.3 Å². The monoisotopic (exact) mass is 343 g/mol. The van der Waals surface area contributed by atoms with Crippen molar-refractivity contribution in [3.63, 3.8) is 0 Å². The number of hydrogen-bond acceptors (Lipinski definition) is 4. The van der Waals surface area contributed by atoms with Crippen molar-refractivity contribution in [2.24, 2.45) is 5.92 Å². The third kappa shape index (κ3) is 3.68. The van der Waals surface area contributed by atoms with Crippen LogP contribution in [0.25, 0.3) is 11.0 Å². The average Bonchev–Trinajstić information content (AvgIpc) is 2.57. The number of unbranched alkanes of at least 4 members (excludes halogenated alkanes) is 3. The van der Waals surface area contributed by atoms with Gasteiger partial charge in [0, 0.05) is 37.0 Å². The highest BCUT2D eigenvalue weighted by Crippen LogP contribution is 2.37. The van der Waals surface area contributed by atoms with Crippen molar-refractivity contribution in [1.29, 1.82) is 0 Å². The van der Waals surface area contributed by atoms with Crippen LogP contribution in [0.1, 0.15) is 57.1 Å². The lowest BCUT2D eigenvalue weighted by molar-refractivity contribution is 0.461. The van der Waals surface area contributed by atoms with Crippen molar-refractivity contribution in [3.05, 3.63) is 33.7 Å². The molecular weight excluding hydrogens is 314 g/mol. The molecule has 136 valence electrons. The van der Waals surface area contributed by atoms with E-state index < -0.39 is 0 Å². The minimum absolute atomic E-state index is 0.224. The molecule has 1 aromatic heterocycles. The summed E-state index contributed by atoms with van der Waals surface area (Å²) in [6.45, 7) is 5.32. The van der Waals surface area contributed by atoms with Gasteiger partial charge in [0.1, 0.15) is 11.3 Å². The maximum Gasteiger partial charge on any atom is 0.339 e. The summed E-state index contributed by atoms with van der Waals surface area (Å²) in [5.41, 5.74) is 2.90. The first kappa shape index (κ1) is 17.8. The second-order valence-electron chi connectivity index (χ2n) is 7.51. The highest BCUT2D eigenvalue weighted by atomic mass is 16.4. The molecule has 1 heterocycles. The number of phenols is 1. The highest BCUT2D eigenvalue weighted by Gasteiger charge is 2.24. The lowest BCUT2D eigenvalue weighted by atomic mass is 9.84. The third-order valence-electron chi connectivity index (χ3n) is 5.41. The molecule has 1 aliphatic rings. The number of aromatic hydroxyl groups is 1. The summed E-state index contributed by atoms with van der Waals surface area (Å²) < 4.78 is 5.57. The van der Waals surface area contributed by atoms with E-state index in [1.54, 1.807) is 0 Å². The number of fused-ring (bicyclic) bond motifs is 3. The van der Waals surface area contributed by atoms with Crippen LogP contribution >= 0.6 is 0 Å². The van der Waals surface area contributed by atoms with Gasteiger partial charge in [0.15, 0.2) is 0 Å². The fraction of sp³-hybridized carbons (Fsp3) is 0.571. The van der Waals surface area contributed by atoms with E-state index in [-0.39, 0.29) is 11.4 Å². The minimum Gasteiger partial charge on any atom is -0.507 e. The topological polar surface area (TPSA) is 53.7 Å². The van der Waals surface area contributed by atoms with Crippen molar-refractivity contribution in [2.45, 2.75) is 58.8 Å². The molecule has 25 heavy (non-hydrogen) atoms. The van der Waals surface area contributed by atoms with Gasteiger partial charge in [-0.25, -0.2) is 4.79 Å². The maximum absolute atomic E-state index is 12.4. The molecule has 3 rings (SSSR count). The van der Waals surface area contributed by atoms with E-state index in [9.17, 15) is 9.90 Å². The zero-order chi connectivity index (χ0) is 18.0. The van der Waals surface area contributed by atoms with Gasteiger partial charge in [0.25, 0.3) is 0 Å². The summed E-state index contributed by atoms with van der Waals surface area (Å²) in [4.78, 5) is 14.5. The van der Waals surface area contributed by atoms with Crippen molar-refractivity contribution in [2.75, 3.05) is 18.5 Å². The van der Waals surface area contributed by atoms with E-state index in [2.05, 4.69) is 18.7 Å². The molecule has 0 spiro atoms. The number of benzene rings is 1. The van der Waals surface area contributed by atoms with Crippen LogP contribution < -0.4 is 10.5 Å². The number of anilines is 1. The van der Waals surface area contributed by atoms with Gasteiger partial charge in [0.2, 0.25) is 0 Å². The predicted octanol–water partition coefficient (Wildman–Crippen LogP) is 4.64. The Morgan fingerprint density at radius 1 is 1.24 bits per heavy atom. The minimum atomic E-state index is -0.239. The quantitative estimate of drug-likeness (QED) is 0.613. The Kier molecular flexibility index (Phi) is 5.36. The molecule has 1 unspecified atom stereocenters. The van der Waals surface area contributed by atoms with Gasteiger partial charge >= 0.3 is 5.63 Å². The Bertz CT molecular complexity index is 809. The van der Waals surface area contributed by atoms with Crippen molar-refractivity contribution in [1.82, 2.24) is 0 Å².